The molecule has 1 aromatic heterocycles. The highest BCUT2D eigenvalue weighted by molar-refractivity contribution is 8.09. The number of nitrogens with two attached hydrogens (primary N) is 1. The maximum atomic E-state index is 14.7. The molecule has 1 aliphatic heterocycles. The summed E-state index contributed by atoms with van der Waals surface area (Å²) in [6.45, 7) is -0.356. The third-order valence-corrected chi connectivity index (χ3v) is 9.28. The van der Waals surface area contributed by atoms with Crippen LogP contribution in [0.2, 0.25) is 5.02 Å². The van der Waals surface area contributed by atoms with E-state index in [1.54, 1.807) is 38.1 Å². The fraction of sp³-hybridized carbons (Fsp3) is 0.423. The number of fused-ring (bicyclic) bond motifs is 1. The van der Waals surface area contributed by atoms with Crippen molar-refractivity contribution in [1.82, 2.24) is 14.6 Å². The van der Waals surface area contributed by atoms with Gasteiger partial charge >= 0.3 is 18.3 Å². The first kappa shape index (κ1) is 33.1. The number of carbonyl (C=O) groups excluding carboxylic acids is 1. The van der Waals surface area contributed by atoms with Crippen LogP contribution in [-0.2, 0) is 30.6 Å². The summed E-state index contributed by atoms with van der Waals surface area (Å²) in [5.41, 5.74) is 1.54. The van der Waals surface area contributed by atoms with Gasteiger partial charge in [0.15, 0.2) is 11.8 Å². The van der Waals surface area contributed by atoms with E-state index in [1.807, 2.05) is 18.2 Å². The van der Waals surface area contributed by atoms with Gasteiger partial charge < -0.3 is 34.5 Å². The number of alkyl halides is 2. The molecule has 2 heterocycles. The molecule has 0 amide bonds. The van der Waals surface area contributed by atoms with Crippen LogP contribution in [0.1, 0.15) is 27.0 Å². The number of nitrogen functional groups attached to an aromatic ring is 1. The lowest BCUT2D eigenvalue weighted by molar-refractivity contribution is -0.192. The Bertz CT molecular complexity index is 1590. The van der Waals surface area contributed by atoms with E-state index in [2.05, 4.69) is 10.1 Å². The number of esters is 1. The number of anilines is 1. The van der Waals surface area contributed by atoms with Crippen LogP contribution in [0, 0.1) is 0 Å². The van der Waals surface area contributed by atoms with Crippen molar-refractivity contribution in [3.63, 3.8) is 0 Å². The van der Waals surface area contributed by atoms with E-state index in [0.29, 0.717) is 9.95 Å². The van der Waals surface area contributed by atoms with Crippen LogP contribution in [0.25, 0.3) is 10.8 Å². The van der Waals surface area contributed by atoms with Crippen LogP contribution in [0.5, 0.6) is 5.75 Å². The van der Waals surface area contributed by atoms with Crippen molar-refractivity contribution in [1.29, 1.82) is 0 Å². The van der Waals surface area contributed by atoms with Gasteiger partial charge in [-0.1, -0.05) is 48.0 Å². The van der Waals surface area contributed by atoms with Crippen molar-refractivity contribution in [2.75, 3.05) is 12.3 Å². The first-order valence-electron chi connectivity index (χ1n) is 12.9. The van der Waals surface area contributed by atoms with Crippen LogP contribution in [0.3, 0.4) is 0 Å². The third kappa shape index (κ3) is 6.99. The van der Waals surface area contributed by atoms with Crippen molar-refractivity contribution in [2.45, 2.75) is 63.4 Å². The number of aromatic nitrogens is 2. The molecule has 4 rings (SSSR count). The molecule has 1 aliphatic rings. The van der Waals surface area contributed by atoms with Crippen molar-refractivity contribution < 1.29 is 42.3 Å². The highest BCUT2D eigenvalue weighted by atomic mass is 35.5. The maximum Gasteiger partial charge on any atom is 0.351 e. The first-order valence-corrected chi connectivity index (χ1v) is 16.0. The quantitative estimate of drug-likeness (QED) is 0.175. The van der Waals surface area contributed by atoms with Gasteiger partial charge in [0.2, 0.25) is 0 Å². The highest BCUT2D eigenvalue weighted by Gasteiger charge is 2.61. The van der Waals surface area contributed by atoms with Crippen molar-refractivity contribution in [3.8, 4) is 5.75 Å². The van der Waals surface area contributed by atoms with Crippen molar-refractivity contribution in [2.24, 2.45) is 0 Å². The monoisotopic (exact) mass is 662 g/mol. The molecule has 0 spiro atoms. The van der Waals surface area contributed by atoms with E-state index in [-0.39, 0.29) is 16.6 Å². The maximum absolute atomic E-state index is 14.7. The Morgan fingerprint density at radius 3 is 2.60 bits per heavy atom. The highest BCUT2D eigenvalue weighted by Crippen LogP contribution is 2.50. The molecule has 2 aromatic carbocycles. The Kier molecular flexibility index (Phi) is 10.1. The Balaban J connectivity index is 1.69. The fourth-order valence-electron chi connectivity index (χ4n) is 4.34. The zero-order valence-corrected chi connectivity index (χ0v) is 25.6. The van der Waals surface area contributed by atoms with Crippen LogP contribution in [0.15, 0.2) is 53.5 Å². The molecular weight excluding hydrogens is 633 g/mol. The smallest absolute Gasteiger partial charge is 0.351 e. The van der Waals surface area contributed by atoms with Crippen molar-refractivity contribution in [3.05, 3.63) is 64.2 Å². The number of hydrogen-bond donors (Lipinski definition) is 4. The number of halogens is 3. The summed E-state index contributed by atoms with van der Waals surface area (Å²) in [6.07, 6.45) is -9.19. The number of hydrogen-bond acceptors (Lipinski definition) is 11. The number of rotatable bonds is 11. The third-order valence-electron chi connectivity index (χ3n) is 6.52. The molecule has 1 fully saturated rings. The summed E-state index contributed by atoms with van der Waals surface area (Å²) in [5, 5.41) is 25.5. The van der Waals surface area contributed by atoms with Gasteiger partial charge in [-0.15, -0.1) is 0 Å². The SMILES string of the molecule is CC(C)OC(=O)[C@H](C)NP(=S)(OC[C@@]1(C(F)F)O[C@@H](n2cc(Cl)c(N)nc2=O)[C@H](O)[C@H]1O)Oc1cccc2ccccc12. The van der Waals surface area contributed by atoms with Gasteiger partial charge in [-0.3, -0.25) is 9.36 Å². The predicted octanol–water partition coefficient (Wildman–Crippen LogP) is 3.14. The summed E-state index contributed by atoms with van der Waals surface area (Å²) < 4.78 is 52.6. The number of benzene rings is 2. The number of ether oxygens (including phenoxy) is 2. The van der Waals surface area contributed by atoms with E-state index < -0.39 is 67.5 Å². The lowest BCUT2D eigenvalue weighted by Gasteiger charge is -2.34. The van der Waals surface area contributed by atoms with Gasteiger partial charge in [0.1, 0.15) is 29.8 Å². The number of nitrogens with zero attached hydrogens (tertiary/aromatic N) is 2. The molecule has 43 heavy (non-hydrogen) atoms. The molecule has 6 atom stereocenters. The molecule has 1 saturated heterocycles. The van der Waals surface area contributed by atoms with E-state index in [9.17, 15) is 28.6 Å². The molecule has 12 nitrogen and oxygen atoms in total. The summed E-state index contributed by atoms with van der Waals surface area (Å²) in [4.78, 5) is 28.5. The number of aliphatic hydroxyl groups is 2. The second kappa shape index (κ2) is 13.1. The second-order valence-electron chi connectivity index (χ2n) is 10.0. The Morgan fingerprint density at radius 1 is 1.26 bits per heavy atom. The Labute approximate surface area is 254 Å². The van der Waals surface area contributed by atoms with Crippen LogP contribution in [0.4, 0.5) is 14.6 Å². The minimum atomic E-state index is -3.94. The standard InChI is InChI=1S/C26H30ClF2N4O8PS/c1-13(2)39-23(36)14(3)32-42(43,41-18-10-6-8-15-7-4-5-9-16(15)18)38-12-26(24(28)29)20(35)19(34)22(40-26)33-11-17(27)21(30)31-25(33)37/h4-11,13-14,19-20,22,24,34-35H,12H2,1-3H3,(H,32,43)(H2,30,31,37)/t14-,19+,20+,22+,26+,42?/m0/s1. The first-order chi connectivity index (χ1) is 20.2. The molecule has 0 aliphatic carbocycles. The van der Waals surface area contributed by atoms with Gasteiger partial charge in [-0.05, 0) is 44.0 Å². The van der Waals surface area contributed by atoms with Crippen LogP contribution >= 0.6 is 18.2 Å². The Hall–Kier alpha value is -2.75. The predicted molar refractivity (Wildman–Crippen MR) is 157 cm³/mol. The second-order valence-corrected chi connectivity index (χ2v) is 13.6. The molecule has 17 heteroatoms. The van der Waals surface area contributed by atoms with Gasteiger partial charge in [0.05, 0.1) is 17.7 Å². The summed E-state index contributed by atoms with van der Waals surface area (Å²) in [7, 11) is 0. The summed E-state index contributed by atoms with van der Waals surface area (Å²) in [6, 6.07) is 11.1. The minimum Gasteiger partial charge on any atom is -0.462 e. The van der Waals surface area contributed by atoms with E-state index in [1.165, 1.54) is 6.92 Å². The zero-order chi connectivity index (χ0) is 31.7. The average molecular weight is 663 g/mol. The topological polar surface area (TPSA) is 167 Å². The molecule has 0 saturated carbocycles. The molecule has 5 N–H and O–H groups in total. The normalized spacial score (nSPS) is 24.3. The average Bonchev–Trinajstić information content (AvgIpc) is 3.20. The molecule has 234 valence electrons. The number of nitrogens with one attached hydrogen (secondary N) is 1. The van der Waals surface area contributed by atoms with E-state index >= 15 is 0 Å². The molecule has 0 bridgehead atoms. The zero-order valence-electron chi connectivity index (χ0n) is 23.1. The summed E-state index contributed by atoms with van der Waals surface area (Å²) in [5.74, 6) is -0.816. The van der Waals surface area contributed by atoms with E-state index in [4.69, 9.17) is 47.7 Å². The van der Waals surface area contributed by atoms with Gasteiger partial charge in [0.25, 0.3) is 6.43 Å². The van der Waals surface area contributed by atoms with E-state index in [0.717, 1.165) is 11.6 Å². The van der Waals surface area contributed by atoms with Gasteiger partial charge in [-0.2, -0.15) is 4.98 Å². The number of aliphatic hydroxyl groups excluding tert-OH is 2. The van der Waals surface area contributed by atoms with Crippen molar-refractivity contribution >= 4 is 52.6 Å². The van der Waals surface area contributed by atoms with Crippen LogP contribution < -0.4 is 21.0 Å². The lowest BCUT2D eigenvalue weighted by atomic mass is 9.96. The number of carbonyl (C=O) groups is 1. The molecular formula is C26H30ClF2N4O8PS. The molecule has 3 aromatic rings. The molecule has 0 radical (unpaired) electrons. The van der Waals surface area contributed by atoms with Crippen LogP contribution in [-0.4, -0.2) is 68.7 Å². The minimum absolute atomic E-state index is 0.221. The summed E-state index contributed by atoms with van der Waals surface area (Å²) >= 11 is 11.6. The molecule has 1 unspecified atom stereocenters. The van der Waals surface area contributed by atoms with Gasteiger partial charge in [0, 0.05) is 11.6 Å². The van der Waals surface area contributed by atoms with Gasteiger partial charge in [-0.25, -0.2) is 18.7 Å². The largest absolute Gasteiger partial charge is 0.462 e. The Morgan fingerprint density at radius 2 is 1.93 bits per heavy atom. The fourth-order valence-corrected chi connectivity index (χ4v) is 6.91. The lowest BCUT2D eigenvalue weighted by Crippen LogP contribution is -2.53.